The maximum Gasteiger partial charge on any atom is 0.253 e. The third-order valence-corrected chi connectivity index (χ3v) is 5.86. The van der Waals surface area contributed by atoms with Crippen molar-refractivity contribution in [1.82, 2.24) is 15.2 Å². The molecule has 1 aliphatic heterocycles. The van der Waals surface area contributed by atoms with Crippen LogP contribution >= 0.6 is 22.9 Å². The zero-order valence-corrected chi connectivity index (χ0v) is 17.6. The zero-order chi connectivity index (χ0) is 20.1. The van der Waals surface area contributed by atoms with Gasteiger partial charge in [0.2, 0.25) is 5.91 Å². The number of benzene rings is 1. The smallest absolute Gasteiger partial charge is 0.253 e. The number of hydrogen-bond acceptors (Lipinski definition) is 5. The monoisotopic (exact) mass is 420 g/mol. The minimum atomic E-state index is -0.685. The van der Waals surface area contributed by atoms with Gasteiger partial charge in [0.25, 0.3) is 5.91 Å². The summed E-state index contributed by atoms with van der Waals surface area (Å²) in [7, 11) is 0. The Kier molecular flexibility index (Phi) is 7.04. The summed E-state index contributed by atoms with van der Waals surface area (Å²) in [6, 6.07) is 6.10. The maximum atomic E-state index is 12.8. The van der Waals surface area contributed by atoms with Gasteiger partial charge in [-0.25, -0.2) is 4.98 Å². The molecule has 2 heterocycles. The highest BCUT2D eigenvalue weighted by atomic mass is 35.5. The SMILES string of the molecule is CC(C)[C@H](NC(=O)c1ccccc1Cl)C(=O)Nc1nc(CN2CCCC2)cs1. The fourth-order valence-corrected chi connectivity index (χ4v) is 4.12. The van der Waals surface area contributed by atoms with Gasteiger partial charge in [-0.2, -0.15) is 0 Å². The zero-order valence-electron chi connectivity index (χ0n) is 16.1. The summed E-state index contributed by atoms with van der Waals surface area (Å²) < 4.78 is 0. The van der Waals surface area contributed by atoms with Gasteiger partial charge in [0.05, 0.1) is 16.3 Å². The van der Waals surface area contributed by atoms with Crippen LogP contribution in [-0.4, -0.2) is 40.8 Å². The number of anilines is 1. The molecule has 0 radical (unpaired) electrons. The van der Waals surface area contributed by atoms with Crippen LogP contribution < -0.4 is 10.6 Å². The van der Waals surface area contributed by atoms with Gasteiger partial charge < -0.3 is 10.6 Å². The highest BCUT2D eigenvalue weighted by Gasteiger charge is 2.26. The van der Waals surface area contributed by atoms with Gasteiger partial charge in [-0.3, -0.25) is 14.5 Å². The standard InChI is InChI=1S/C20H25ClN4O2S/c1-13(2)17(23-18(26)15-7-3-4-8-16(15)21)19(27)24-20-22-14(12-28-20)11-25-9-5-6-10-25/h3-4,7-8,12-13,17H,5-6,9-11H2,1-2H3,(H,23,26)(H,22,24,27)/t17-/m0/s1. The molecule has 0 spiro atoms. The number of rotatable bonds is 7. The lowest BCUT2D eigenvalue weighted by atomic mass is 10.0. The molecule has 0 bridgehead atoms. The molecule has 28 heavy (non-hydrogen) atoms. The van der Waals surface area contributed by atoms with Gasteiger partial charge in [0.15, 0.2) is 5.13 Å². The molecule has 1 aliphatic rings. The second-order valence-corrected chi connectivity index (χ2v) is 8.56. The molecule has 1 aromatic carbocycles. The Hall–Kier alpha value is -1.96. The molecule has 1 saturated heterocycles. The van der Waals surface area contributed by atoms with E-state index in [0.29, 0.717) is 15.7 Å². The van der Waals surface area contributed by atoms with E-state index in [4.69, 9.17) is 11.6 Å². The van der Waals surface area contributed by atoms with Crippen molar-refractivity contribution in [3.05, 3.63) is 45.9 Å². The van der Waals surface area contributed by atoms with Crippen molar-refractivity contribution in [2.75, 3.05) is 18.4 Å². The van der Waals surface area contributed by atoms with E-state index in [1.807, 2.05) is 19.2 Å². The summed E-state index contributed by atoms with van der Waals surface area (Å²) in [5.74, 6) is -0.735. The van der Waals surface area contributed by atoms with Crippen molar-refractivity contribution in [1.29, 1.82) is 0 Å². The van der Waals surface area contributed by atoms with Crippen LogP contribution in [0.15, 0.2) is 29.6 Å². The molecule has 2 amide bonds. The minimum absolute atomic E-state index is 0.0875. The first kappa shape index (κ1) is 20.8. The fraction of sp³-hybridized carbons (Fsp3) is 0.450. The van der Waals surface area contributed by atoms with Crippen LogP contribution in [0.4, 0.5) is 5.13 Å². The number of nitrogens with one attached hydrogen (secondary N) is 2. The lowest BCUT2D eigenvalue weighted by Gasteiger charge is -2.21. The normalized spacial score (nSPS) is 15.6. The summed E-state index contributed by atoms with van der Waals surface area (Å²) in [5, 5.41) is 8.52. The summed E-state index contributed by atoms with van der Waals surface area (Å²) in [6.07, 6.45) is 2.46. The van der Waals surface area contributed by atoms with Crippen molar-refractivity contribution >= 4 is 39.9 Å². The molecule has 6 nitrogen and oxygen atoms in total. The van der Waals surface area contributed by atoms with Crippen LogP contribution in [0.2, 0.25) is 5.02 Å². The Balaban J connectivity index is 1.62. The largest absolute Gasteiger partial charge is 0.340 e. The lowest BCUT2D eigenvalue weighted by molar-refractivity contribution is -0.118. The molecule has 150 valence electrons. The number of aromatic nitrogens is 1. The first-order chi connectivity index (χ1) is 13.4. The number of likely N-dealkylation sites (tertiary alicyclic amines) is 1. The quantitative estimate of drug-likeness (QED) is 0.714. The average molecular weight is 421 g/mol. The van der Waals surface area contributed by atoms with Gasteiger partial charge in [-0.1, -0.05) is 37.6 Å². The van der Waals surface area contributed by atoms with Gasteiger partial charge in [0, 0.05) is 11.9 Å². The molecule has 0 saturated carbocycles. The van der Waals surface area contributed by atoms with Crippen molar-refractivity contribution < 1.29 is 9.59 Å². The fourth-order valence-electron chi connectivity index (χ4n) is 3.19. The van der Waals surface area contributed by atoms with E-state index in [2.05, 4.69) is 20.5 Å². The lowest BCUT2D eigenvalue weighted by Crippen LogP contribution is -2.47. The first-order valence-electron chi connectivity index (χ1n) is 9.47. The predicted octanol–water partition coefficient (Wildman–Crippen LogP) is 3.79. The Morgan fingerprint density at radius 3 is 2.64 bits per heavy atom. The van der Waals surface area contributed by atoms with Crippen molar-refractivity contribution in [2.24, 2.45) is 5.92 Å². The summed E-state index contributed by atoms with van der Waals surface area (Å²) >= 11 is 7.49. The number of carbonyl (C=O) groups excluding carboxylic acids is 2. The molecule has 1 atom stereocenters. The van der Waals surface area contributed by atoms with E-state index in [1.54, 1.807) is 24.3 Å². The predicted molar refractivity (Wildman–Crippen MR) is 113 cm³/mol. The van der Waals surface area contributed by atoms with Crippen molar-refractivity contribution in [2.45, 2.75) is 39.3 Å². The van der Waals surface area contributed by atoms with Crippen LogP contribution in [0.3, 0.4) is 0 Å². The molecular weight excluding hydrogens is 396 g/mol. The second kappa shape index (κ2) is 9.49. The minimum Gasteiger partial charge on any atom is -0.340 e. The third-order valence-electron chi connectivity index (χ3n) is 4.72. The Labute approximate surface area is 174 Å². The van der Waals surface area contributed by atoms with Crippen molar-refractivity contribution in [3.63, 3.8) is 0 Å². The molecular formula is C20H25ClN4O2S. The van der Waals surface area contributed by atoms with Gasteiger partial charge in [-0.05, 0) is 44.0 Å². The number of halogens is 1. The first-order valence-corrected chi connectivity index (χ1v) is 10.7. The molecule has 2 aromatic rings. The van der Waals surface area contributed by atoms with E-state index in [0.717, 1.165) is 25.3 Å². The molecule has 2 N–H and O–H groups in total. The summed E-state index contributed by atoms with van der Waals surface area (Å²) in [5.41, 5.74) is 1.31. The highest BCUT2D eigenvalue weighted by molar-refractivity contribution is 7.13. The maximum absolute atomic E-state index is 12.8. The van der Waals surface area contributed by atoms with Crippen LogP contribution in [-0.2, 0) is 11.3 Å². The van der Waals surface area contributed by atoms with Crippen LogP contribution in [0, 0.1) is 5.92 Å². The van der Waals surface area contributed by atoms with E-state index >= 15 is 0 Å². The van der Waals surface area contributed by atoms with Crippen LogP contribution in [0.25, 0.3) is 0 Å². The van der Waals surface area contributed by atoms with Crippen LogP contribution in [0.5, 0.6) is 0 Å². The number of thiazole rings is 1. The van der Waals surface area contributed by atoms with Crippen molar-refractivity contribution in [3.8, 4) is 0 Å². The summed E-state index contributed by atoms with van der Waals surface area (Å²) in [6.45, 7) is 6.78. The van der Waals surface area contributed by atoms with Crippen LogP contribution in [0.1, 0.15) is 42.7 Å². The van der Waals surface area contributed by atoms with E-state index in [1.165, 1.54) is 24.2 Å². The highest BCUT2D eigenvalue weighted by Crippen LogP contribution is 2.20. The average Bonchev–Trinajstić information content (AvgIpc) is 3.32. The van der Waals surface area contributed by atoms with Gasteiger partial charge >= 0.3 is 0 Å². The molecule has 3 rings (SSSR count). The van der Waals surface area contributed by atoms with E-state index in [-0.39, 0.29) is 17.7 Å². The number of nitrogens with zero attached hydrogens (tertiary/aromatic N) is 2. The van der Waals surface area contributed by atoms with Gasteiger partial charge in [0.1, 0.15) is 6.04 Å². The molecule has 0 unspecified atom stereocenters. The Morgan fingerprint density at radius 2 is 1.96 bits per heavy atom. The van der Waals surface area contributed by atoms with E-state index in [9.17, 15) is 9.59 Å². The second-order valence-electron chi connectivity index (χ2n) is 7.29. The van der Waals surface area contributed by atoms with E-state index < -0.39 is 6.04 Å². The molecule has 1 aromatic heterocycles. The summed E-state index contributed by atoms with van der Waals surface area (Å²) in [4.78, 5) is 32.2. The number of carbonyl (C=O) groups is 2. The number of amides is 2. The topological polar surface area (TPSA) is 74.3 Å². The number of hydrogen-bond donors (Lipinski definition) is 2. The Morgan fingerprint density at radius 1 is 1.25 bits per heavy atom. The Bertz CT molecular complexity index is 833. The molecule has 1 fully saturated rings. The molecule has 8 heteroatoms. The third kappa shape index (κ3) is 5.31. The molecule has 0 aliphatic carbocycles. The van der Waals surface area contributed by atoms with Gasteiger partial charge in [-0.15, -0.1) is 11.3 Å².